The number of benzene rings is 2. The summed E-state index contributed by atoms with van der Waals surface area (Å²) in [5.74, 6) is -2.28. The molecule has 9 nitrogen and oxygen atoms in total. The van der Waals surface area contributed by atoms with Gasteiger partial charge in [-0.3, -0.25) is 4.90 Å². The Morgan fingerprint density at radius 1 is 1.00 bits per heavy atom. The number of hydrogen-bond acceptors (Lipinski definition) is 9. The van der Waals surface area contributed by atoms with Gasteiger partial charge in [0.1, 0.15) is 23.0 Å². The van der Waals surface area contributed by atoms with Crippen molar-refractivity contribution in [3.05, 3.63) is 75.7 Å². The number of allylic oxidation sites excluding steroid dienone is 1. The normalized spacial score (nSPS) is 15.5. The summed E-state index contributed by atoms with van der Waals surface area (Å²) in [4.78, 5) is 27.4. The van der Waals surface area contributed by atoms with Crippen molar-refractivity contribution < 1.29 is 28.5 Å². The van der Waals surface area contributed by atoms with Gasteiger partial charge in [0.2, 0.25) is 0 Å². The average molecular weight is 484 g/mol. The molecule has 2 N–H and O–H groups in total. The van der Waals surface area contributed by atoms with Gasteiger partial charge in [0.05, 0.1) is 62.3 Å². The highest BCUT2D eigenvalue weighted by Gasteiger charge is 2.43. The molecule has 0 saturated heterocycles. The molecule has 1 heterocycles. The Morgan fingerprint density at radius 2 is 1.62 bits per heavy atom. The number of nitrogens with zero attached hydrogens (tertiary/aromatic N) is 2. The molecule has 10 heteroatoms. The van der Waals surface area contributed by atoms with Crippen LogP contribution in [-0.4, -0.2) is 40.4 Å². The lowest BCUT2D eigenvalue weighted by molar-refractivity contribution is -0.139. The van der Waals surface area contributed by atoms with Gasteiger partial charge in [0, 0.05) is 6.07 Å². The highest BCUT2D eigenvalue weighted by atomic mass is 35.5. The second kappa shape index (κ2) is 10.2. The summed E-state index contributed by atoms with van der Waals surface area (Å²) in [6.45, 7) is 0. The third kappa shape index (κ3) is 4.11. The zero-order valence-corrected chi connectivity index (χ0v) is 19.7. The molecule has 0 amide bonds. The van der Waals surface area contributed by atoms with Crippen LogP contribution in [0.5, 0.6) is 11.5 Å². The number of hydrogen-bond donors (Lipinski definition) is 1. The molecule has 1 unspecified atom stereocenters. The van der Waals surface area contributed by atoms with Crippen LogP contribution in [0.25, 0.3) is 0 Å². The first kappa shape index (κ1) is 24.5. The standard InChI is InChI=1S/C24H22ClN3O6/c1-31-17-11-18(32-2)16(10-15(17)25)28-21(24(30)34-4)20(23(29)33-3)19(14(12-26)22(28)27)13-8-6-5-7-9-13/h5-11,19H,27H2,1-4H3. The van der Waals surface area contributed by atoms with E-state index in [1.807, 2.05) is 0 Å². The van der Waals surface area contributed by atoms with Gasteiger partial charge in [0.25, 0.3) is 0 Å². The minimum Gasteiger partial charge on any atom is -0.495 e. The fourth-order valence-electron chi connectivity index (χ4n) is 3.78. The number of nitriles is 1. The monoisotopic (exact) mass is 483 g/mol. The summed E-state index contributed by atoms with van der Waals surface area (Å²) in [7, 11) is 5.17. The Morgan fingerprint density at radius 3 is 2.15 bits per heavy atom. The first-order valence-electron chi connectivity index (χ1n) is 9.91. The zero-order chi connectivity index (χ0) is 25.0. The lowest BCUT2D eigenvalue weighted by atomic mass is 9.81. The third-order valence-electron chi connectivity index (χ3n) is 5.30. The maximum Gasteiger partial charge on any atom is 0.355 e. The van der Waals surface area contributed by atoms with E-state index in [9.17, 15) is 14.9 Å². The topological polar surface area (TPSA) is 124 Å². The minimum atomic E-state index is -0.983. The molecule has 0 fully saturated rings. The maximum absolute atomic E-state index is 13.1. The first-order valence-corrected chi connectivity index (χ1v) is 10.3. The van der Waals surface area contributed by atoms with E-state index in [4.69, 9.17) is 36.3 Å². The number of ether oxygens (including phenoxy) is 4. The van der Waals surface area contributed by atoms with Crippen molar-refractivity contribution in [2.24, 2.45) is 5.73 Å². The molecule has 2 aromatic carbocycles. The van der Waals surface area contributed by atoms with Crippen molar-refractivity contribution in [3.63, 3.8) is 0 Å². The van der Waals surface area contributed by atoms with E-state index in [0.29, 0.717) is 11.3 Å². The van der Waals surface area contributed by atoms with Crippen LogP contribution in [0, 0.1) is 11.3 Å². The molecule has 0 bridgehead atoms. The average Bonchev–Trinajstić information content (AvgIpc) is 2.87. The summed E-state index contributed by atoms with van der Waals surface area (Å²) in [5.41, 5.74) is 6.89. The fraction of sp³-hybridized carbons (Fsp3) is 0.208. The summed E-state index contributed by atoms with van der Waals surface area (Å²) < 4.78 is 20.7. The fourth-order valence-corrected chi connectivity index (χ4v) is 4.02. The van der Waals surface area contributed by atoms with E-state index in [2.05, 4.69) is 6.07 Å². The quantitative estimate of drug-likeness (QED) is 0.616. The second-order valence-corrected chi connectivity index (χ2v) is 7.40. The molecule has 2 aromatic rings. The lowest BCUT2D eigenvalue weighted by Gasteiger charge is -2.36. The molecule has 0 radical (unpaired) electrons. The van der Waals surface area contributed by atoms with E-state index in [0.717, 1.165) is 7.11 Å². The first-order chi connectivity index (χ1) is 16.3. The third-order valence-corrected chi connectivity index (χ3v) is 5.60. The van der Waals surface area contributed by atoms with E-state index in [-0.39, 0.29) is 39.1 Å². The number of esters is 2. The van der Waals surface area contributed by atoms with E-state index >= 15 is 0 Å². The van der Waals surface area contributed by atoms with Crippen LogP contribution in [0.3, 0.4) is 0 Å². The Balaban J connectivity index is 2.46. The number of anilines is 1. The Kier molecular flexibility index (Phi) is 7.34. The van der Waals surface area contributed by atoms with Gasteiger partial charge in [-0.05, 0) is 11.6 Å². The number of carbonyl (C=O) groups excluding carboxylic acids is 2. The Bertz CT molecular complexity index is 1230. The molecule has 1 aliphatic rings. The van der Waals surface area contributed by atoms with Crippen LogP contribution in [0.4, 0.5) is 5.69 Å². The molecular weight excluding hydrogens is 462 g/mol. The molecule has 1 atom stereocenters. The predicted molar refractivity (Wildman–Crippen MR) is 124 cm³/mol. The van der Waals surface area contributed by atoms with E-state index in [1.165, 1.54) is 38.4 Å². The van der Waals surface area contributed by atoms with Crippen molar-refractivity contribution in [1.29, 1.82) is 5.26 Å². The van der Waals surface area contributed by atoms with Crippen LogP contribution >= 0.6 is 11.6 Å². The second-order valence-electron chi connectivity index (χ2n) is 6.99. The SMILES string of the molecule is COC(=O)C1=C(C(=O)OC)N(c2cc(Cl)c(OC)cc2OC)C(N)=C(C#N)C1c1ccccc1. The number of carbonyl (C=O) groups is 2. The summed E-state index contributed by atoms with van der Waals surface area (Å²) in [6.07, 6.45) is 0. The maximum atomic E-state index is 13.1. The summed E-state index contributed by atoms with van der Waals surface area (Å²) in [5, 5.41) is 10.3. The van der Waals surface area contributed by atoms with Crippen molar-refractivity contribution in [1.82, 2.24) is 0 Å². The highest BCUT2D eigenvalue weighted by molar-refractivity contribution is 6.32. The largest absolute Gasteiger partial charge is 0.495 e. The predicted octanol–water partition coefficient (Wildman–Crippen LogP) is 3.25. The minimum absolute atomic E-state index is 0.0215. The zero-order valence-electron chi connectivity index (χ0n) is 18.9. The summed E-state index contributed by atoms with van der Waals surface area (Å²) >= 11 is 6.35. The van der Waals surface area contributed by atoms with E-state index < -0.39 is 17.9 Å². The van der Waals surface area contributed by atoms with Gasteiger partial charge >= 0.3 is 11.9 Å². The molecule has 1 aliphatic heterocycles. The number of rotatable bonds is 6. The van der Waals surface area contributed by atoms with Crippen LogP contribution in [-0.2, 0) is 19.1 Å². The van der Waals surface area contributed by atoms with Crippen molar-refractivity contribution in [3.8, 4) is 17.6 Å². The Labute approximate surface area is 201 Å². The van der Waals surface area contributed by atoms with Gasteiger partial charge in [-0.2, -0.15) is 5.26 Å². The van der Waals surface area contributed by atoms with Crippen LogP contribution < -0.4 is 20.1 Å². The number of halogens is 1. The molecule has 176 valence electrons. The van der Waals surface area contributed by atoms with Gasteiger partial charge < -0.3 is 24.7 Å². The molecule has 0 aliphatic carbocycles. The van der Waals surface area contributed by atoms with Crippen molar-refractivity contribution >= 4 is 29.2 Å². The number of methoxy groups -OCH3 is 4. The van der Waals surface area contributed by atoms with Crippen LogP contribution in [0.15, 0.2) is 65.1 Å². The molecule has 34 heavy (non-hydrogen) atoms. The van der Waals surface area contributed by atoms with Gasteiger partial charge in [0.15, 0.2) is 0 Å². The van der Waals surface area contributed by atoms with Gasteiger partial charge in [-0.1, -0.05) is 41.9 Å². The van der Waals surface area contributed by atoms with Crippen molar-refractivity contribution in [2.75, 3.05) is 33.3 Å². The molecule has 0 spiro atoms. The van der Waals surface area contributed by atoms with Crippen LogP contribution in [0.2, 0.25) is 5.02 Å². The van der Waals surface area contributed by atoms with Gasteiger partial charge in [-0.25, -0.2) is 9.59 Å². The lowest BCUT2D eigenvalue weighted by Crippen LogP contribution is -2.41. The molecular formula is C24H22ClN3O6. The van der Waals surface area contributed by atoms with Crippen molar-refractivity contribution in [2.45, 2.75) is 5.92 Å². The highest BCUT2D eigenvalue weighted by Crippen LogP contribution is 2.47. The molecule has 0 saturated carbocycles. The van der Waals surface area contributed by atoms with E-state index in [1.54, 1.807) is 30.3 Å². The van der Waals surface area contributed by atoms with Gasteiger partial charge in [-0.15, -0.1) is 0 Å². The molecule has 0 aromatic heterocycles. The summed E-state index contributed by atoms with van der Waals surface area (Å²) in [6, 6.07) is 13.7. The Hall–Kier alpha value is -4.16. The smallest absolute Gasteiger partial charge is 0.355 e. The molecule has 3 rings (SSSR count). The van der Waals surface area contributed by atoms with Crippen LogP contribution in [0.1, 0.15) is 11.5 Å². The number of nitrogens with two attached hydrogens (primary N) is 1.